The average Bonchev–Trinajstić information content (AvgIpc) is 1.85. The number of piperazine rings is 1. The first-order valence-corrected chi connectivity index (χ1v) is 3.77. The molecule has 1 aliphatic heterocycles. The Morgan fingerprint density at radius 1 is 1.27 bits per heavy atom. The molecule has 0 unspecified atom stereocenters. The van der Waals surface area contributed by atoms with Crippen molar-refractivity contribution in [2.45, 2.75) is 19.9 Å². The van der Waals surface area contributed by atoms with Gasteiger partial charge < -0.3 is 4.90 Å². The van der Waals surface area contributed by atoms with Gasteiger partial charge >= 0.3 is 0 Å². The van der Waals surface area contributed by atoms with E-state index in [4.69, 9.17) is 0 Å². The molecule has 1 rings (SSSR count). The number of rotatable bonds is 1. The number of hydrogen-bond donors (Lipinski definition) is 2. The van der Waals surface area contributed by atoms with E-state index in [0.717, 1.165) is 4.90 Å². The Bertz CT molecular complexity index is 173. The van der Waals surface area contributed by atoms with Crippen LogP contribution >= 0.6 is 0 Å². The zero-order chi connectivity index (χ0) is 8.43. The first-order valence-electron chi connectivity index (χ1n) is 3.77. The highest BCUT2D eigenvalue weighted by Gasteiger charge is 2.27. The van der Waals surface area contributed by atoms with E-state index >= 15 is 0 Å². The van der Waals surface area contributed by atoms with Crippen LogP contribution in [0.5, 0.6) is 0 Å². The van der Waals surface area contributed by atoms with Crippen LogP contribution < -0.4 is 10.2 Å². The van der Waals surface area contributed by atoms with Crippen molar-refractivity contribution in [2.75, 3.05) is 13.1 Å². The molecule has 4 heteroatoms. The summed E-state index contributed by atoms with van der Waals surface area (Å²) in [5, 5.41) is 2.27. The molecular formula is C7H13N2O2+. The third kappa shape index (κ3) is 2.01. The van der Waals surface area contributed by atoms with Gasteiger partial charge in [0.1, 0.15) is 0 Å². The molecule has 0 aromatic carbocycles. The van der Waals surface area contributed by atoms with Crippen molar-refractivity contribution in [2.24, 2.45) is 0 Å². The smallest absolute Gasteiger partial charge is 0.281 e. The predicted octanol–water partition coefficient (Wildman–Crippen LogP) is -2.06. The minimum atomic E-state index is -0.162. The number of nitrogens with one attached hydrogen (secondary N) is 2. The van der Waals surface area contributed by atoms with Crippen molar-refractivity contribution >= 4 is 11.8 Å². The van der Waals surface area contributed by atoms with Crippen LogP contribution in [0.2, 0.25) is 0 Å². The minimum absolute atomic E-state index is 0.162. The van der Waals surface area contributed by atoms with E-state index in [1.165, 1.54) is 0 Å². The molecule has 1 fully saturated rings. The highest BCUT2D eigenvalue weighted by Crippen LogP contribution is 1.75. The summed E-state index contributed by atoms with van der Waals surface area (Å²) in [6, 6.07) is 0.338. The van der Waals surface area contributed by atoms with Crippen LogP contribution in [0.4, 0.5) is 0 Å². The number of imide groups is 1. The van der Waals surface area contributed by atoms with E-state index in [1.807, 2.05) is 13.8 Å². The van der Waals surface area contributed by atoms with Gasteiger partial charge in [0, 0.05) is 0 Å². The molecule has 2 amide bonds. The normalized spacial score (nSPS) is 20.6. The molecule has 0 saturated carbocycles. The van der Waals surface area contributed by atoms with Crippen LogP contribution in [0.1, 0.15) is 13.8 Å². The van der Waals surface area contributed by atoms with Crippen molar-refractivity contribution in [3.05, 3.63) is 0 Å². The van der Waals surface area contributed by atoms with Gasteiger partial charge in [0.2, 0.25) is 0 Å². The maximum absolute atomic E-state index is 10.8. The monoisotopic (exact) mass is 157 g/mol. The Balaban J connectivity index is 2.56. The number of carbonyl (C=O) groups excluding carboxylic acids is 2. The van der Waals surface area contributed by atoms with E-state index in [-0.39, 0.29) is 11.8 Å². The maximum Gasteiger partial charge on any atom is 0.281 e. The van der Waals surface area contributed by atoms with Crippen LogP contribution in [-0.4, -0.2) is 30.9 Å². The first-order chi connectivity index (χ1) is 5.09. The van der Waals surface area contributed by atoms with Gasteiger partial charge in [-0.3, -0.25) is 14.9 Å². The predicted molar refractivity (Wildman–Crippen MR) is 39.0 cm³/mol. The SMILES string of the molecule is CC(C)[NH+]1CC(=O)NC(=O)C1. The van der Waals surface area contributed by atoms with Crippen molar-refractivity contribution in [1.82, 2.24) is 5.32 Å². The lowest BCUT2D eigenvalue weighted by atomic mass is 10.2. The standard InChI is InChI=1S/C7H12N2O2/c1-5(2)9-3-6(10)8-7(11)4-9/h5H,3-4H2,1-2H3,(H,8,10,11)/p+1. The summed E-state index contributed by atoms with van der Waals surface area (Å²) in [5.74, 6) is -0.324. The molecular weight excluding hydrogens is 144 g/mol. The molecule has 0 aromatic heterocycles. The molecule has 0 aromatic rings. The Hall–Kier alpha value is -0.900. The van der Waals surface area contributed by atoms with Crippen LogP contribution in [0.3, 0.4) is 0 Å². The molecule has 11 heavy (non-hydrogen) atoms. The zero-order valence-electron chi connectivity index (χ0n) is 6.81. The summed E-state index contributed by atoms with van der Waals surface area (Å²) in [4.78, 5) is 22.7. The number of amides is 2. The Morgan fingerprint density at radius 3 is 2.09 bits per heavy atom. The summed E-state index contributed by atoms with van der Waals surface area (Å²) >= 11 is 0. The fourth-order valence-electron chi connectivity index (χ4n) is 1.13. The molecule has 1 aliphatic rings. The highest BCUT2D eigenvalue weighted by atomic mass is 16.2. The second kappa shape index (κ2) is 3.00. The van der Waals surface area contributed by atoms with E-state index in [9.17, 15) is 9.59 Å². The van der Waals surface area contributed by atoms with Crippen LogP contribution in [0, 0.1) is 0 Å². The lowest BCUT2D eigenvalue weighted by Crippen LogP contribution is -3.18. The summed E-state index contributed by atoms with van der Waals surface area (Å²) in [5.41, 5.74) is 0. The summed E-state index contributed by atoms with van der Waals surface area (Å²) in [6.45, 7) is 4.84. The first kappa shape index (κ1) is 8.20. The molecule has 0 spiro atoms. The Morgan fingerprint density at radius 2 is 1.73 bits per heavy atom. The Kier molecular flexibility index (Phi) is 2.24. The van der Waals surface area contributed by atoms with Gasteiger partial charge in [-0.15, -0.1) is 0 Å². The van der Waals surface area contributed by atoms with Gasteiger partial charge in [-0.05, 0) is 13.8 Å². The van der Waals surface area contributed by atoms with Crippen molar-refractivity contribution in [3.8, 4) is 0 Å². The summed E-state index contributed by atoms with van der Waals surface area (Å²) < 4.78 is 0. The average molecular weight is 157 g/mol. The zero-order valence-corrected chi connectivity index (χ0v) is 6.81. The molecule has 0 bridgehead atoms. The van der Waals surface area contributed by atoms with E-state index < -0.39 is 0 Å². The largest absolute Gasteiger partial charge is 0.317 e. The second-order valence-corrected chi connectivity index (χ2v) is 3.14. The molecule has 0 radical (unpaired) electrons. The van der Waals surface area contributed by atoms with Gasteiger partial charge in [-0.1, -0.05) is 0 Å². The number of quaternary nitrogens is 1. The van der Waals surface area contributed by atoms with Crippen molar-refractivity contribution < 1.29 is 14.5 Å². The Labute approximate surface area is 65.6 Å². The van der Waals surface area contributed by atoms with E-state index in [1.54, 1.807) is 0 Å². The molecule has 1 heterocycles. The minimum Gasteiger partial charge on any atom is -0.317 e. The van der Waals surface area contributed by atoms with Crippen molar-refractivity contribution in [3.63, 3.8) is 0 Å². The van der Waals surface area contributed by atoms with Gasteiger partial charge in [0.05, 0.1) is 6.04 Å². The van der Waals surface area contributed by atoms with Crippen LogP contribution in [-0.2, 0) is 9.59 Å². The summed E-state index contributed by atoms with van der Waals surface area (Å²) in [6.07, 6.45) is 0. The van der Waals surface area contributed by atoms with Gasteiger partial charge in [0.25, 0.3) is 11.8 Å². The lowest BCUT2D eigenvalue weighted by molar-refractivity contribution is -0.907. The van der Waals surface area contributed by atoms with Gasteiger partial charge in [0.15, 0.2) is 13.1 Å². The molecule has 2 N–H and O–H groups in total. The van der Waals surface area contributed by atoms with E-state index in [0.29, 0.717) is 19.1 Å². The molecule has 0 aliphatic carbocycles. The van der Waals surface area contributed by atoms with Crippen LogP contribution in [0.15, 0.2) is 0 Å². The van der Waals surface area contributed by atoms with Crippen molar-refractivity contribution in [1.29, 1.82) is 0 Å². The topological polar surface area (TPSA) is 50.6 Å². The summed E-state index contributed by atoms with van der Waals surface area (Å²) in [7, 11) is 0. The quantitative estimate of drug-likeness (QED) is 0.430. The fraction of sp³-hybridized carbons (Fsp3) is 0.714. The highest BCUT2D eigenvalue weighted by molar-refractivity contribution is 5.97. The third-order valence-electron chi connectivity index (χ3n) is 1.87. The molecule has 4 nitrogen and oxygen atoms in total. The maximum atomic E-state index is 10.8. The molecule has 0 atom stereocenters. The third-order valence-corrected chi connectivity index (χ3v) is 1.87. The molecule has 62 valence electrons. The number of hydrogen-bond acceptors (Lipinski definition) is 2. The molecule has 1 saturated heterocycles. The van der Waals surface area contributed by atoms with Crippen LogP contribution in [0.25, 0.3) is 0 Å². The number of carbonyl (C=O) groups is 2. The lowest BCUT2D eigenvalue weighted by Gasteiger charge is -2.25. The second-order valence-electron chi connectivity index (χ2n) is 3.14. The fourth-order valence-corrected chi connectivity index (χ4v) is 1.13. The van der Waals surface area contributed by atoms with E-state index in [2.05, 4.69) is 5.32 Å². The van der Waals surface area contributed by atoms with Gasteiger partial charge in [-0.2, -0.15) is 0 Å². The van der Waals surface area contributed by atoms with Gasteiger partial charge in [-0.25, -0.2) is 0 Å².